The summed E-state index contributed by atoms with van der Waals surface area (Å²) in [5.74, 6) is 0.268. The smallest absolute Gasteiger partial charge is 0.341 e. The van der Waals surface area contributed by atoms with Crippen molar-refractivity contribution >= 4 is 28.2 Å². The first-order chi connectivity index (χ1) is 13.4. The Hall–Kier alpha value is -1.40. The third kappa shape index (κ3) is 4.60. The van der Waals surface area contributed by atoms with E-state index in [1.807, 2.05) is 20.9 Å². The minimum Gasteiger partial charge on any atom is -0.462 e. The lowest BCUT2D eigenvalue weighted by Crippen LogP contribution is -2.46. The normalized spacial score (nSPS) is 21.2. The summed E-state index contributed by atoms with van der Waals surface area (Å²) in [7, 11) is 2.05. The van der Waals surface area contributed by atoms with Crippen LogP contribution in [0.5, 0.6) is 0 Å². The monoisotopic (exact) mass is 406 g/mol. The predicted octanol–water partition coefficient (Wildman–Crippen LogP) is 4.64. The van der Waals surface area contributed by atoms with Gasteiger partial charge in [0.25, 0.3) is 0 Å². The second kappa shape index (κ2) is 9.40. The van der Waals surface area contributed by atoms with Crippen LogP contribution in [0.15, 0.2) is 0 Å². The fourth-order valence-corrected chi connectivity index (χ4v) is 5.87. The maximum absolute atomic E-state index is 13.0. The molecule has 0 radical (unpaired) electrons. The molecule has 1 heterocycles. The van der Waals surface area contributed by atoms with Gasteiger partial charge in [0.05, 0.1) is 18.2 Å². The van der Waals surface area contributed by atoms with Crippen LogP contribution in [0, 0.1) is 5.92 Å². The van der Waals surface area contributed by atoms with Crippen LogP contribution < -0.4 is 5.32 Å². The molecule has 0 aromatic carbocycles. The first kappa shape index (κ1) is 21.3. The van der Waals surface area contributed by atoms with Gasteiger partial charge < -0.3 is 10.1 Å². The van der Waals surface area contributed by atoms with E-state index in [0.717, 1.165) is 37.7 Å². The molecule has 0 aliphatic heterocycles. The van der Waals surface area contributed by atoms with Gasteiger partial charge in [0.1, 0.15) is 5.00 Å². The predicted molar refractivity (Wildman–Crippen MR) is 114 cm³/mol. The maximum atomic E-state index is 13.0. The molecule has 2 aliphatic rings. The van der Waals surface area contributed by atoms with E-state index in [4.69, 9.17) is 4.74 Å². The maximum Gasteiger partial charge on any atom is 0.341 e. The van der Waals surface area contributed by atoms with Crippen molar-refractivity contribution in [3.05, 3.63) is 16.0 Å². The Morgan fingerprint density at radius 3 is 2.64 bits per heavy atom. The Kier molecular flexibility index (Phi) is 7.15. The van der Waals surface area contributed by atoms with Crippen molar-refractivity contribution in [2.75, 3.05) is 19.0 Å². The molecule has 1 amide bonds. The van der Waals surface area contributed by atoms with E-state index < -0.39 is 0 Å². The molecule has 28 heavy (non-hydrogen) atoms. The number of hydrogen-bond donors (Lipinski definition) is 1. The molecular formula is C22H34N2O3S. The van der Waals surface area contributed by atoms with E-state index in [-0.39, 0.29) is 17.9 Å². The zero-order valence-corrected chi connectivity index (χ0v) is 18.5. The molecule has 0 unspecified atom stereocenters. The van der Waals surface area contributed by atoms with Gasteiger partial charge in [-0.15, -0.1) is 11.3 Å². The van der Waals surface area contributed by atoms with Gasteiger partial charge in [-0.05, 0) is 64.5 Å². The number of fused-ring (bicyclic) bond motifs is 1. The number of thiophene rings is 1. The SMILES string of the molecule is CCOC(=O)c1c(NC(=O)[C@H](C)N(C)C2CCCCC2)sc2c1CC[C@H](C)C2. The standard InChI is InChI=1S/C22H34N2O3S/c1-5-27-22(26)19-17-12-11-14(2)13-18(17)28-21(19)23-20(25)15(3)24(4)16-9-7-6-8-10-16/h14-16H,5-13H2,1-4H3,(H,23,25)/t14-,15-/m0/s1. The molecule has 5 nitrogen and oxygen atoms in total. The summed E-state index contributed by atoms with van der Waals surface area (Å²) in [5.41, 5.74) is 1.68. The third-order valence-electron chi connectivity index (χ3n) is 6.37. The number of anilines is 1. The van der Waals surface area contributed by atoms with Crippen LogP contribution in [0.3, 0.4) is 0 Å². The van der Waals surface area contributed by atoms with Crippen LogP contribution >= 0.6 is 11.3 Å². The van der Waals surface area contributed by atoms with Crippen LogP contribution in [0.4, 0.5) is 5.00 Å². The second-order valence-electron chi connectivity index (χ2n) is 8.40. The molecule has 2 atom stereocenters. The summed E-state index contributed by atoms with van der Waals surface area (Å²) in [6.45, 7) is 6.36. The summed E-state index contributed by atoms with van der Waals surface area (Å²) >= 11 is 1.56. The number of rotatable bonds is 6. The topological polar surface area (TPSA) is 58.6 Å². The van der Waals surface area contributed by atoms with Crippen molar-refractivity contribution in [2.24, 2.45) is 5.92 Å². The number of nitrogens with one attached hydrogen (secondary N) is 1. The van der Waals surface area contributed by atoms with E-state index in [2.05, 4.69) is 17.1 Å². The molecule has 2 aliphatic carbocycles. The van der Waals surface area contributed by atoms with Crippen molar-refractivity contribution in [1.29, 1.82) is 0 Å². The summed E-state index contributed by atoms with van der Waals surface area (Å²) in [6, 6.07) is 0.243. The van der Waals surface area contributed by atoms with Gasteiger partial charge in [-0.1, -0.05) is 26.2 Å². The fourth-order valence-electron chi connectivity index (χ4n) is 4.46. The van der Waals surface area contributed by atoms with Gasteiger partial charge in [-0.25, -0.2) is 4.79 Å². The Balaban J connectivity index is 1.78. The number of ether oxygens (including phenoxy) is 1. The average molecular weight is 407 g/mol. The summed E-state index contributed by atoms with van der Waals surface area (Å²) in [4.78, 5) is 29.1. The molecule has 3 rings (SSSR count). The van der Waals surface area contributed by atoms with Crippen LogP contribution in [-0.2, 0) is 22.4 Å². The van der Waals surface area contributed by atoms with Gasteiger partial charge >= 0.3 is 5.97 Å². The number of hydrogen-bond acceptors (Lipinski definition) is 5. The molecule has 1 aromatic heterocycles. The van der Waals surface area contributed by atoms with Crippen LogP contribution in [-0.4, -0.2) is 42.5 Å². The number of amides is 1. The Labute approximate surface area is 172 Å². The Morgan fingerprint density at radius 2 is 1.96 bits per heavy atom. The van der Waals surface area contributed by atoms with Gasteiger partial charge in [0.2, 0.25) is 5.91 Å². The van der Waals surface area contributed by atoms with E-state index in [1.54, 1.807) is 11.3 Å². The Morgan fingerprint density at radius 1 is 1.25 bits per heavy atom. The highest BCUT2D eigenvalue weighted by atomic mass is 32.1. The molecule has 1 aromatic rings. The van der Waals surface area contributed by atoms with Gasteiger partial charge in [0, 0.05) is 10.9 Å². The van der Waals surface area contributed by atoms with Crippen molar-refractivity contribution in [3.63, 3.8) is 0 Å². The average Bonchev–Trinajstić information content (AvgIpc) is 3.04. The molecule has 6 heteroatoms. The summed E-state index contributed by atoms with van der Waals surface area (Å²) < 4.78 is 5.31. The number of likely N-dealkylation sites (N-methyl/N-ethyl adjacent to an activating group) is 1. The van der Waals surface area contributed by atoms with Crippen molar-refractivity contribution in [1.82, 2.24) is 4.90 Å². The lowest BCUT2D eigenvalue weighted by Gasteiger charge is -2.34. The molecule has 0 bridgehead atoms. The van der Waals surface area contributed by atoms with Gasteiger partial charge in [-0.2, -0.15) is 0 Å². The van der Waals surface area contributed by atoms with Crippen molar-refractivity contribution in [3.8, 4) is 0 Å². The van der Waals surface area contributed by atoms with Gasteiger partial charge in [0.15, 0.2) is 0 Å². The van der Waals surface area contributed by atoms with E-state index in [9.17, 15) is 9.59 Å². The first-order valence-corrected chi connectivity index (χ1v) is 11.6. The van der Waals surface area contributed by atoms with Gasteiger partial charge in [-0.3, -0.25) is 9.69 Å². The molecular weight excluding hydrogens is 372 g/mol. The fraction of sp³-hybridized carbons (Fsp3) is 0.727. The lowest BCUT2D eigenvalue weighted by atomic mass is 9.88. The first-order valence-electron chi connectivity index (χ1n) is 10.8. The molecule has 1 N–H and O–H groups in total. The summed E-state index contributed by atoms with van der Waals surface area (Å²) in [6.07, 6.45) is 9.03. The van der Waals surface area contributed by atoms with E-state index in [0.29, 0.717) is 29.1 Å². The zero-order valence-electron chi connectivity index (χ0n) is 17.7. The number of carbonyl (C=O) groups excluding carboxylic acids is 2. The van der Waals surface area contributed by atoms with E-state index in [1.165, 1.54) is 24.1 Å². The molecule has 0 saturated heterocycles. The number of nitrogens with zero attached hydrogens (tertiary/aromatic N) is 1. The van der Waals surface area contributed by atoms with Crippen molar-refractivity contribution < 1.29 is 14.3 Å². The Bertz CT molecular complexity index is 709. The lowest BCUT2D eigenvalue weighted by molar-refractivity contribution is -0.121. The van der Waals surface area contributed by atoms with Crippen LogP contribution in [0.25, 0.3) is 0 Å². The molecule has 156 valence electrons. The van der Waals surface area contributed by atoms with Crippen LogP contribution in [0.2, 0.25) is 0 Å². The summed E-state index contributed by atoms with van der Waals surface area (Å²) in [5, 5.41) is 3.75. The minimum atomic E-state index is -0.307. The highest BCUT2D eigenvalue weighted by Gasteiger charge is 2.31. The largest absolute Gasteiger partial charge is 0.462 e. The molecule has 1 saturated carbocycles. The number of esters is 1. The third-order valence-corrected chi connectivity index (χ3v) is 7.54. The minimum absolute atomic E-state index is 0.0368. The number of carbonyl (C=O) groups is 2. The molecule has 0 spiro atoms. The molecule has 1 fully saturated rings. The van der Waals surface area contributed by atoms with Crippen molar-refractivity contribution in [2.45, 2.75) is 84.2 Å². The highest BCUT2D eigenvalue weighted by Crippen LogP contribution is 2.40. The zero-order chi connectivity index (χ0) is 20.3. The highest BCUT2D eigenvalue weighted by molar-refractivity contribution is 7.17. The van der Waals surface area contributed by atoms with E-state index >= 15 is 0 Å². The quantitative estimate of drug-likeness (QED) is 0.699. The second-order valence-corrected chi connectivity index (χ2v) is 9.50. The van der Waals surface area contributed by atoms with Crippen LogP contribution in [0.1, 0.15) is 80.1 Å².